The van der Waals surface area contributed by atoms with Crippen LogP contribution in [-0.4, -0.2) is 29.5 Å². The summed E-state index contributed by atoms with van der Waals surface area (Å²) in [6, 6.07) is 5.63. The maximum absolute atomic E-state index is 10.9. The summed E-state index contributed by atoms with van der Waals surface area (Å²) in [6.07, 6.45) is 2.44. The first-order chi connectivity index (χ1) is 9.52. The van der Waals surface area contributed by atoms with Gasteiger partial charge < -0.3 is 5.32 Å². The van der Waals surface area contributed by atoms with Gasteiger partial charge in [0, 0.05) is 37.5 Å². The number of nitrogens with one attached hydrogen (secondary N) is 1. The Labute approximate surface area is 120 Å². The summed E-state index contributed by atoms with van der Waals surface area (Å²) in [6.45, 7) is 6.35. The molecule has 0 aliphatic carbocycles. The number of nitro groups is 1. The summed E-state index contributed by atoms with van der Waals surface area (Å²) in [5, 5.41) is 14.1. The number of nitro benzene ring substituents is 1. The van der Waals surface area contributed by atoms with Crippen molar-refractivity contribution in [1.29, 1.82) is 0 Å². The van der Waals surface area contributed by atoms with Crippen molar-refractivity contribution in [3.63, 3.8) is 0 Å². The topological polar surface area (TPSA) is 58.4 Å². The Hall–Kier alpha value is -1.62. The Morgan fingerprint density at radius 2 is 2.25 bits per heavy atom. The van der Waals surface area contributed by atoms with Crippen molar-refractivity contribution in [3.8, 4) is 0 Å². The molecule has 5 nitrogen and oxygen atoms in total. The third-order valence-corrected chi connectivity index (χ3v) is 4.13. The molecule has 0 radical (unpaired) electrons. The first-order valence-electron chi connectivity index (χ1n) is 7.22. The van der Waals surface area contributed by atoms with Crippen molar-refractivity contribution < 1.29 is 4.92 Å². The third kappa shape index (κ3) is 3.10. The summed E-state index contributed by atoms with van der Waals surface area (Å²) in [5.74, 6) is 0.620. The van der Waals surface area contributed by atoms with E-state index in [9.17, 15) is 10.1 Å². The third-order valence-electron chi connectivity index (χ3n) is 4.13. The largest absolute Gasteiger partial charge is 0.388 e. The van der Waals surface area contributed by atoms with E-state index in [4.69, 9.17) is 0 Å². The van der Waals surface area contributed by atoms with Crippen molar-refractivity contribution in [2.45, 2.75) is 39.3 Å². The van der Waals surface area contributed by atoms with E-state index in [0.29, 0.717) is 12.0 Å². The first-order valence-corrected chi connectivity index (χ1v) is 7.22. The van der Waals surface area contributed by atoms with Gasteiger partial charge in [-0.25, -0.2) is 0 Å². The van der Waals surface area contributed by atoms with Crippen LogP contribution in [-0.2, 0) is 6.54 Å². The van der Waals surface area contributed by atoms with Gasteiger partial charge in [0.05, 0.1) is 4.92 Å². The molecule has 1 aliphatic heterocycles. The van der Waals surface area contributed by atoms with Crippen LogP contribution in [0.15, 0.2) is 18.2 Å². The Kier molecular flexibility index (Phi) is 4.60. The van der Waals surface area contributed by atoms with E-state index >= 15 is 0 Å². The monoisotopic (exact) mass is 277 g/mol. The quantitative estimate of drug-likeness (QED) is 0.663. The lowest BCUT2D eigenvalue weighted by Crippen LogP contribution is -2.33. The molecule has 1 heterocycles. The molecule has 0 aromatic heterocycles. The minimum absolute atomic E-state index is 0.166. The van der Waals surface area contributed by atoms with Crippen LogP contribution in [0, 0.1) is 16.0 Å². The number of benzene rings is 1. The molecule has 5 heteroatoms. The molecule has 110 valence electrons. The predicted octanol–water partition coefficient (Wildman–Crippen LogP) is 3.26. The van der Waals surface area contributed by atoms with E-state index in [1.54, 1.807) is 18.2 Å². The summed E-state index contributed by atoms with van der Waals surface area (Å²) in [7, 11) is 1.86. The van der Waals surface area contributed by atoms with Crippen molar-refractivity contribution in [2.24, 2.45) is 5.92 Å². The van der Waals surface area contributed by atoms with Crippen LogP contribution in [0.3, 0.4) is 0 Å². The van der Waals surface area contributed by atoms with Crippen LogP contribution in [0.2, 0.25) is 0 Å². The maximum atomic E-state index is 10.9. The maximum Gasteiger partial charge on any atom is 0.269 e. The van der Waals surface area contributed by atoms with Gasteiger partial charge in [0.2, 0.25) is 0 Å². The molecule has 2 rings (SSSR count). The van der Waals surface area contributed by atoms with Crippen molar-refractivity contribution in [3.05, 3.63) is 33.9 Å². The van der Waals surface area contributed by atoms with Crippen molar-refractivity contribution in [1.82, 2.24) is 4.90 Å². The zero-order valence-corrected chi connectivity index (χ0v) is 12.4. The lowest BCUT2D eigenvalue weighted by molar-refractivity contribution is -0.384. The number of nitrogens with zero attached hydrogens (tertiary/aromatic N) is 2. The predicted molar refractivity (Wildman–Crippen MR) is 80.9 cm³/mol. The molecule has 0 saturated carbocycles. The van der Waals surface area contributed by atoms with Crippen LogP contribution in [0.25, 0.3) is 0 Å². The van der Waals surface area contributed by atoms with Gasteiger partial charge in [0.25, 0.3) is 5.69 Å². The molecule has 0 amide bonds. The van der Waals surface area contributed by atoms with Crippen LogP contribution in [0.5, 0.6) is 0 Å². The van der Waals surface area contributed by atoms with Crippen molar-refractivity contribution in [2.75, 3.05) is 18.9 Å². The normalized spacial score (nSPS) is 19.5. The standard InChI is InChI=1S/C15H23N3O2/c1-11(2)15-5-4-8-17(15)10-12-9-13(18(19)20)6-7-14(12)16-3/h6-7,9,11,15-16H,4-5,8,10H2,1-3H3. The number of hydrogen-bond acceptors (Lipinski definition) is 4. The van der Waals surface area contributed by atoms with Crippen LogP contribution in [0.4, 0.5) is 11.4 Å². The lowest BCUT2D eigenvalue weighted by atomic mass is 10.0. The molecule has 1 saturated heterocycles. The highest BCUT2D eigenvalue weighted by Crippen LogP contribution is 2.29. The van der Waals surface area contributed by atoms with E-state index < -0.39 is 0 Å². The zero-order chi connectivity index (χ0) is 14.7. The molecule has 1 aromatic rings. The fourth-order valence-electron chi connectivity index (χ4n) is 3.09. The van der Waals surface area contributed by atoms with E-state index in [-0.39, 0.29) is 10.6 Å². The summed E-state index contributed by atoms with van der Waals surface area (Å²) in [5.41, 5.74) is 2.15. The van der Waals surface area contributed by atoms with E-state index in [1.165, 1.54) is 12.8 Å². The molecule has 20 heavy (non-hydrogen) atoms. The van der Waals surface area contributed by atoms with Crippen LogP contribution >= 0.6 is 0 Å². The first kappa shape index (κ1) is 14.8. The van der Waals surface area contributed by atoms with Crippen LogP contribution < -0.4 is 5.32 Å². The summed E-state index contributed by atoms with van der Waals surface area (Å²) >= 11 is 0. The molecule has 0 bridgehead atoms. The highest BCUT2D eigenvalue weighted by atomic mass is 16.6. The molecule has 1 unspecified atom stereocenters. The van der Waals surface area contributed by atoms with Gasteiger partial charge in [-0.3, -0.25) is 15.0 Å². The van der Waals surface area contributed by atoms with E-state index in [2.05, 4.69) is 24.1 Å². The second kappa shape index (κ2) is 6.22. The number of likely N-dealkylation sites (tertiary alicyclic amines) is 1. The molecule has 1 N–H and O–H groups in total. The summed E-state index contributed by atoms with van der Waals surface area (Å²) < 4.78 is 0. The van der Waals surface area contributed by atoms with Gasteiger partial charge in [-0.2, -0.15) is 0 Å². The molecule has 1 aromatic carbocycles. The van der Waals surface area contributed by atoms with Gasteiger partial charge in [-0.1, -0.05) is 13.8 Å². The fraction of sp³-hybridized carbons (Fsp3) is 0.600. The summed E-state index contributed by atoms with van der Waals surface area (Å²) in [4.78, 5) is 13.1. The minimum atomic E-state index is -0.327. The SMILES string of the molecule is CNc1ccc([N+](=O)[O-])cc1CN1CCCC1C(C)C. The van der Waals surface area contributed by atoms with Crippen LogP contribution in [0.1, 0.15) is 32.3 Å². The number of anilines is 1. The fourth-order valence-corrected chi connectivity index (χ4v) is 3.09. The molecule has 1 fully saturated rings. The Morgan fingerprint density at radius 3 is 2.85 bits per heavy atom. The highest BCUT2D eigenvalue weighted by molar-refractivity contribution is 5.55. The Balaban J connectivity index is 2.23. The molecular formula is C15H23N3O2. The average Bonchev–Trinajstić information content (AvgIpc) is 2.87. The molecule has 0 spiro atoms. The number of hydrogen-bond donors (Lipinski definition) is 1. The molecule has 1 atom stereocenters. The second-order valence-corrected chi connectivity index (χ2v) is 5.77. The van der Waals surface area contributed by atoms with E-state index in [0.717, 1.165) is 24.3 Å². The van der Waals surface area contributed by atoms with Gasteiger partial charge >= 0.3 is 0 Å². The minimum Gasteiger partial charge on any atom is -0.388 e. The second-order valence-electron chi connectivity index (χ2n) is 5.77. The Bertz CT molecular complexity index is 488. The van der Waals surface area contributed by atoms with E-state index in [1.807, 2.05) is 7.05 Å². The average molecular weight is 277 g/mol. The van der Waals surface area contributed by atoms with Gasteiger partial charge in [-0.05, 0) is 36.9 Å². The van der Waals surface area contributed by atoms with Gasteiger partial charge in [0.15, 0.2) is 0 Å². The number of rotatable bonds is 5. The molecular weight excluding hydrogens is 254 g/mol. The number of non-ortho nitro benzene ring substituents is 1. The zero-order valence-electron chi connectivity index (χ0n) is 12.4. The highest BCUT2D eigenvalue weighted by Gasteiger charge is 2.27. The Morgan fingerprint density at radius 1 is 1.50 bits per heavy atom. The van der Waals surface area contributed by atoms with Crippen molar-refractivity contribution >= 4 is 11.4 Å². The molecule has 1 aliphatic rings. The lowest BCUT2D eigenvalue weighted by Gasteiger charge is -2.28. The van der Waals surface area contributed by atoms with Gasteiger partial charge in [0.1, 0.15) is 0 Å². The smallest absolute Gasteiger partial charge is 0.269 e. The van der Waals surface area contributed by atoms with Gasteiger partial charge in [-0.15, -0.1) is 0 Å².